The average molecular weight is 355 g/mol. The van der Waals surface area contributed by atoms with Crippen LogP contribution < -0.4 is 5.32 Å². The molecule has 3 saturated heterocycles. The topological polar surface area (TPSA) is 40.1 Å². The smallest absolute Gasteiger partial charge is 0.193 e. The van der Waals surface area contributed by atoms with Gasteiger partial charge in [-0.2, -0.15) is 11.8 Å². The van der Waals surface area contributed by atoms with E-state index in [-0.39, 0.29) is 5.54 Å². The molecular formula is C18H34N4OS. The van der Waals surface area contributed by atoms with Crippen molar-refractivity contribution in [3.8, 4) is 0 Å². The van der Waals surface area contributed by atoms with E-state index in [0.717, 1.165) is 56.9 Å². The Balaban J connectivity index is 1.62. The molecule has 0 bridgehead atoms. The molecule has 3 heterocycles. The van der Waals surface area contributed by atoms with Gasteiger partial charge in [0.05, 0.1) is 0 Å². The average Bonchev–Trinajstić information content (AvgIpc) is 3.19. The molecular weight excluding hydrogens is 320 g/mol. The number of hydrogen-bond acceptors (Lipinski definition) is 4. The zero-order valence-corrected chi connectivity index (χ0v) is 16.2. The summed E-state index contributed by atoms with van der Waals surface area (Å²) in [5, 5.41) is 4.48. The van der Waals surface area contributed by atoms with Crippen molar-refractivity contribution in [2.75, 3.05) is 58.7 Å². The highest BCUT2D eigenvalue weighted by Crippen LogP contribution is 2.31. The third-order valence-electron chi connectivity index (χ3n) is 5.88. The van der Waals surface area contributed by atoms with Gasteiger partial charge in [-0.05, 0) is 45.2 Å². The third kappa shape index (κ3) is 4.20. The number of aliphatic imine (C=N–C) groups is 1. The van der Waals surface area contributed by atoms with E-state index in [0.29, 0.717) is 0 Å². The van der Waals surface area contributed by atoms with Gasteiger partial charge in [-0.1, -0.05) is 6.92 Å². The molecule has 138 valence electrons. The van der Waals surface area contributed by atoms with Gasteiger partial charge in [0.1, 0.15) is 0 Å². The van der Waals surface area contributed by atoms with Crippen molar-refractivity contribution in [1.29, 1.82) is 0 Å². The molecule has 0 aromatic rings. The maximum atomic E-state index is 5.66. The van der Waals surface area contributed by atoms with Gasteiger partial charge in [-0.15, -0.1) is 0 Å². The first-order chi connectivity index (χ1) is 11.8. The normalized spacial score (nSPS) is 29.0. The monoisotopic (exact) mass is 354 g/mol. The van der Waals surface area contributed by atoms with Crippen LogP contribution >= 0.6 is 11.8 Å². The molecule has 0 radical (unpaired) electrons. The first-order valence-electron chi connectivity index (χ1n) is 9.67. The van der Waals surface area contributed by atoms with Crippen molar-refractivity contribution >= 4 is 17.7 Å². The number of ether oxygens (including phenoxy) is 1. The molecule has 6 heteroatoms. The molecule has 3 fully saturated rings. The molecule has 0 amide bonds. The molecule has 1 N–H and O–H groups in total. The third-order valence-corrected chi connectivity index (χ3v) is 7.25. The number of hydrogen-bond donors (Lipinski definition) is 1. The second kappa shape index (κ2) is 8.77. The van der Waals surface area contributed by atoms with Gasteiger partial charge in [0.15, 0.2) is 5.96 Å². The summed E-state index contributed by atoms with van der Waals surface area (Å²) in [7, 11) is 1.93. The molecule has 0 saturated carbocycles. The van der Waals surface area contributed by atoms with Crippen molar-refractivity contribution in [3.05, 3.63) is 0 Å². The Morgan fingerprint density at radius 2 is 2.00 bits per heavy atom. The number of thioether (sulfide) groups is 1. The molecule has 1 unspecified atom stereocenters. The predicted octanol–water partition coefficient (Wildman–Crippen LogP) is 2.03. The fraction of sp³-hybridized carbons (Fsp3) is 0.944. The van der Waals surface area contributed by atoms with E-state index in [9.17, 15) is 0 Å². The van der Waals surface area contributed by atoms with E-state index in [2.05, 4.69) is 38.8 Å². The molecule has 3 aliphatic heterocycles. The van der Waals surface area contributed by atoms with Crippen LogP contribution in [0.1, 0.15) is 39.0 Å². The zero-order valence-electron chi connectivity index (χ0n) is 15.4. The summed E-state index contributed by atoms with van der Waals surface area (Å²) >= 11 is 2.11. The van der Waals surface area contributed by atoms with Gasteiger partial charge in [0, 0.05) is 56.4 Å². The Labute approximate surface area is 151 Å². The predicted molar refractivity (Wildman–Crippen MR) is 103 cm³/mol. The molecule has 3 rings (SSSR count). The van der Waals surface area contributed by atoms with Gasteiger partial charge in [-0.25, -0.2) is 0 Å². The Hall–Kier alpha value is -0.460. The Morgan fingerprint density at radius 1 is 1.25 bits per heavy atom. The lowest BCUT2D eigenvalue weighted by Gasteiger charge is -2.45. The maximum Gasteiger partial charge on any atom is 0.193 e. The van der Waals surface area contributed by atoms with Gasteiger partial charge in [0.25, 0.3) is 0 Å². The fourth-order valence-corrected chi connectivity index (χ4v) is 5.46. The summed E-state index contributed by atoms with van der Waals surface area (Å²) in [6.45, 7) is 9.83. The molecule has 0 spiro atoms. The van der Waals surface area contributed by atoms with Gasteiger partial charge in [0.2, 0.25) is 0 Å². The van der Waals surface area contributed by atoms with E-state index in [1.54, 1.807) is 0 Å². The van der Waals surface area contributed by atoms with Crippen LogP contribution in [-0.2, 0) is 4.74 Å². The number of nitrogens with zero attached hydrogens (tertiary/aromatic N) is 3. The standard InChI is InChI=1S/C18H34N4OS/c1-3-16-14-21(10-13-24-16)17(19-2)20-15-18(6-11-23-12-7-18)22-8-4-5-9-22/h16H,3-15H2,1-2H3,(H,19,20). The van der Waals surface area contributed by atoms with Crippen LogP contribution in [0.2, 0.25) is 0 Å². The highest BCUT2D eigenvalue weighted by molar-refractivity contribution is 8.00. The molecule has 3 aliphatic rings. The first-order valence-corrected chi connectivity index (χ1v) is 10.7. The minimum Gasteiger partial charge on any atom is -0.381 e. The number of rotatable bonds is 4. The van der Waals surface area contributed by atoms with Gasteiger partial charge < -0.3 is 15.0 Å². The minimum absolute atomic E-state index is 0.263. The number of nitrogens with one attached hydrogen (secondary N) is 1. The van der Waals surface area contributed by atoms with Gasteiger partial charge >= 0.3 is 0 Å². The van der Waals surface area contributed by atoms with Crippen molar-refractivity contribution in [1.82, 2.24) is 15.1 Å². The van der Waals surface area contributed by atoms with Crippen molar-refractivity contribution in [3.63, 3.8) is 0 Å². The summed E-state index contributed by atoms with van der Waals surface area (Å²) in [6.07, 6.45) is 6.22. The van der Waals surface area contributed by atoms with Crippen LogP contribution in [0.25, 0.3) is 0 Å². The van der Waals surface area contributed by atoms with E-state index < -0.39 is 0 Å². The van der Waals surface area contributed by atoms with Gasteiger partial charge in [-0.3, -0.25) is 9.89 Å². The van der Waals surface area contributed by atoms with E-state index >= 15 is 0 Å². The maximum absolute atomic E-state index is 5.66. The van der Waals surface area contributed by atoms with Crippen LogP contribution in [0, 0.1) is 0 Å². The first kappa shape index (κ1) is 18.3. The second-order valence-electron chi connectivity index (χ2n) is 7.28. The highest BCUT2D eigenvalue weighted by atomic mass is 32.2. The summed E-state index contributed by atoms with van der Waals surface area (Å²) < 4.78 is 5.66. The van der Waals surface area contributed by atoms with Crippen LogP contribution in [-0.4, -0.2) is 85.3 Å². The van der Waals surface area contributed by atoms with Crippen molar-refractivity contribution in [2.45, 2.75) is 49.8 Å². The summed E-state index contributed by atoms with van der Waals surface area (Å²) in [5.74, 6) is 2.31. The Morgan fingerprint density at radius 3 is 2.67 bits per heavy atom. The van der Waals surface area contributed by atoms with E-state index in [4.69, 9.17) is 4.74 Å². The van der Waals surface area contributed by atoms with E-state index in [1.807, 2.05) is 7.05 Å². The SMILES string of the molecule is CCC1CN(C(=NC)NCC2(N3CCCC3)CCOCC2)CCS1. The number of likely N-dealkylation sites (tertiary alicyclic amines) is 1. The highest BCUT2D eigenvalue weighted by Gasteiger charge is 2.40. The van der Waals surface area contributed by atoms with Crippen LogP contribution in [0.3, 0.4) is 0 Å². The van der Waals surface area contributed by atoms with Crippen LogP contribution in [0.4, 0.5) is 0 Å². The summed E-state index contributed by atoms with van der Waals surface area (Å²) in [4.78, 5) is 9.77. The largest absolute Gasteiger partial charge is 0.381 e. The van der Waals surface area contributed by atoms with Crippen LogP contribution in [0.15, 0.2) is 4.99 Å². The number of guanidine groups is 1. The lowest BCUT2D eigenvalue weighted by atomic mass is 9.88. The fourth-order valence-electron chi connectivity index (χ4n) is 4.28. The second-order valence-corrected chi connectivity index (χ2v) is 8.69. The quantitative estimate of drug-likeness (QED) is 0.618. The molecule has 1 atom stereocenters. The Bertz CT molecular complexity index is 419. The van der Waals surface area contributed by atoms with E-state index in [1.165, 1.54) is 38.1 Å². The summed E-state index contributed by atoms with van der Waals surface area (Å²) in [6, 6.07) is 0. The Kier molecular flexibility index (Phi) is 6.70. The molecule has 0 aromatic heterocycles. The minimum atomic E-state index is 0.263. The van der Waals surface area contributed by atoms with Crippen molar-refractivity contribution in [2.24, 2.45) is 4.99 Å². The zero-order chi connectivity index (χ0) is 16.8. The lowest BCUT2D eigenvalue weighted by molar-refractivity contribution is -0.0166. The lowest BCUT2D eigenvalue weighted by Crippen LogP contribution is -2.59. The molecule has 5 nitrogen and oxygen atoms in total. The van der Waals surface area contributed by atoms with Crippen LogP contribution in [0.5, 0.6) is 0 Å². The van der Waals surface area contributed by atoms with Crippen molar-refractivity contribution < 1.29 is 4.74 Å². The molecule has 0 aromatic carbocycles. The molecule has 24 heavy (non-hydrogen) atoms. The summed E-state index contributed by atoms with van der Waals surface area (Å²) in [5.41, 5.74) is 0.263. The molecule has 0 aliphatic carbocycles.